The first-order valence-corrected chi connectivity index (χ1v) is 7.24. The second-order valence-electron chi connectivity index (χ2n) is 5.48. The quantitative estimate of drug-likeness (QED) is 0.662. The van der Waals surface area contributed by atoms with Crippen LogP contribution in [-0.2, 0) is 9.47 Å². The molecule has 2 rings (SSSR count). The van der Waals surface area contributed by atoms with Gasteiger partial charge in [-0.25, -0.2) is 0 Å². The van der Waals surface area contributed by atoms with Gasteiger partial charge < -0.3 is 14.8 Å². The standard InChI is InChI=1S/C14H27NO2/c1-16-11-14(12-7-8-12)15-9-10-17-13-5-3-2-4-6-13/h12-15H,2-11H2,1H3. The Morgan fingerprint density at radius 3 is 2.53 bits per heavy atom. The molecule has 100 valence electrons. The van der Waals surface area contributed by atoms with Crippen LogP contribution in [0.3, 0.4) is 0 Å². The van der Waals surface area contributed by atoms with Crippen LogP contribution in [-0.4, -0.2) is 39.0 Å². The van der Waals surface area contributed by atoms with Crippen molar-refractivity contribution in [2.75, 3.05) is 26.9 Å². The molecule has 1 unspecified atom stereocenters. The van der Waals surface area contributed by atoms with E-state index >= 15 is 0 Å². The molecule has 0 radical (unpaired) electrons. The summed E-state index contributed by atoms with van der Waals surface area (Å²) in [4.78, 5) is 0. The summed E-state index contributed by atoms with van der Waals surface area (Å²) >= 11 is 0. The lowest BCUT2D eigenvalue weighted by molar-refractivity contribution is 0.0277. The van der Waals surface area contributed by atoms with Gasteiger partial charge in [0.25, 0.3) is 0 Å². The zero-order chi connectivity index (χ0) is 11.9. The van der Waals surface area contributed by atoms with Crippen LogP contribution in [0.1, 0.15) is 44.9 Å². The van der Waals surface area contributed by atoms with E-state index in [2.05, 4.69) is 5.32 Å². The van der Waals surface area contributed by atoms with Gasteiger partial charge in [0.15, 0.2) is 0 Å². The van der Waals surface area contributed by atoms with Crippen molar-refractivity contribution in [1.82, 2.24) is 5.32 Å². The van der Waals surface area contributed by atoms with Gasteiger partial charge in [0, 0.05) is 19.7 Å². The minimum absolute atomic E-state index is 0.535. The molecule has 0 amide bonds. The van der Waals surface area contributed by atoms with E-state index in [0.29, 0.717) is 12.1 Å². The minimum Gasteiger partial charge on any atom is -0.383 e. The molecule has 2 aliphatic carbocycles. The fourth-order valence-electron chi connectivity index (χ4n) is 2.74. The maximum Gasteiger partial charge on any atom is 0.0618 e. The van der Waals surface area contributed by atoms with E-state index in [4.69, 9.17) is 9.47 Å². The van der Waals surface area contributed by atoms with Crippen molar-refractivity contribution in [3.8, 4) is 0 Å². The number of ether oxygens (including phenoxy) is 2. The van der Waals surface area contributed by atoms with E-state index in [9.17, 15) is 0 Å². The fraction of sp³-hybridized carbons (Fsp3) is 1.00. The second kappa shape index (κ2) is 7.34. The molecule has 0 aromatic carbocycles. The molecule has 2 fully saturated rings. The highest BCUT2D eigenvalue weighted by atomic mass is 16.5. The van der Waals surface area contributed by atoms with Crippen LogP contribution in [0.25, 0.3) is 0 Å². The van der Waals surface area contributed by atoms with Gasteiger partial charge >= 0.3 is 0 Å². The van der Waals surface area contributed by atoms with Crippen LogP contribution in [0, 0.1) is 5.92 Å². The summed E-state index contributed by atoms with van der Waals surface area (Å²) in [5, 5.41) is 3.57. The van der Waals surface area contributed by atoms with Gasteiger partial charge in [-0.05, 0) is 31.6 Å². The molecule has 1 atom stereocenters. The summed E-state index contributed by atoms with van der Waals surface area (Å²) in [5.41, 5.74) is 0. The summed E-state index contributed by atoms with van der Waals surface area (Å²) in [7, 11) is 1.79. The molecule has 0 saturated heterocycles. The Morgan fingerprint density at radius 2 is 1.88 bits per heavy atom. The van der Waals surface area contributed by atoms with E-state index in [1.54, 1.807) is 7.11 Å². The van der Waals surface area contributed by atoms with Gasteiger partial charge in [-0.3, -0.25) is 0 Å². The fourth-order valence-corrected chi connectivity index (χ4v) is 2.74. The maximum atomic E-state index is 5.91. The summed E-state index contributed by atoms with van der Waals surface area (Å²) < 4.78 is 11.2. The zero-order valence-corrected chi connectivity index (χ0v) is 11.1. The second-order valence-corrected chi connectivity index (χ2v) is 5.48. The van der Waals surface area contributed by atoms with Crippen molar-refractivity contribution in [2.24, 2.45) is 5.92 Å². The Balaban J connectivity index is 1.51. The van der Waals surface area contributed by atoms with Gasteiger partial charge in [-0.1, -0.05) is 19.3 Å². The van der Waals surface area contributed by atoms with Gasteiger partial charge in [0.1, 0.15) is 0 Å². The molecule has 3 heteroatoms. The number of nitrogens with one attached hydrogen (secondary N) is 1. The minimum atomic E-state index is 0.535. The third kappa shape index (κ3) is 4.94. The van der Waals surface area contributed by atoms with E-state index in [1.807, 2.05) is 0 Å². The number of hydrogen-bond acceptors (Lipinski definition) is 3. The molecule has 2 aliphatic rings. The van der Waals surface area contributed by atoms with Gasteiger partial charge in [0.05, 0.1) is 19.3 Å². The van der Waals surface area contributed by atoms with Crippen LogP contribution in [0.4, 0.5) is 0 Å². The van der Waals surface area contributed by atoms with Crippen molar-refractivity contribution in [2.45, 2.75) is 57.1 Å². The van der Waals surface area contributed by atoms with Crippen molar-refractivity contribution >= 4 is 0 Å². The summed E-state index contributed by atoms with van der Waals surface area (Å²) in [5.74, 6) is 0.852. The molecule has 0 bridgehead atoms. The lowest BCUT2D eigenvalue weighted by Crippen LogP contribution is -2.37. The maximum absolute atomic E-state index is 5.91. The van der Waals surface area contributed by atoms with Gasteiger partial charge in [-0.2, -0.15) is 0 Å². The van der Waals surface area contributed by atoms with Gasteiger partial charge in [0.2, 0.25) is 0 Å². The lowest BCUT2D eigenvalue weighted by atomic mass is 9.98. The first kappa shape index (κ1) is 13.3. The Morgan fingerprint density at radius 1 is 1.12 bits per heavy atom. The normalized spacial score (nSPS) is 23.8. The SMILES string of the molecule is COCC(NCCOC1CCCCC1)C1CC1. The first-order valence-electron chi connectivity index (χ1n) is 7.24. The third-order valence-corrected chi connectivity index (χ3v) is 3.95. The smallest absolute Gasteiger partial charge is 0.0618 e. The average Bonchev–Trinajstić information content (AvgIpc) is 3.19. The van der Waals surface area contributed by atoms with E-state index < -0.39 is 0 Å². The molecule has 17 heavy (non-hydrogen) atoms. The molecule has 0 spiro atoms. The van der Waals surface area contributed by atoms with Crippen molar-refractivity contribution in [3.63, 3.8) is 0 Å². The molecule has 1 N–H and O–H groups in total. The molecule has 0 aliphatic heterocycles. The monoisotopic (exact) mass is 241 g/mol. The summed E-state index contributed by atoms with van der Waals surface area (Å²) in [6.45, 7) is 2.67. The molecule has 0 aromatic rings. The number of rotatable bonds is 8. The Labute approximate surface area is 105 Å². The number of hydrogen-bond donors (Lipinski definition) is 1. The van der Waals surface area contributed by atoms with Crippen molar-refractivity contribution < 1.29 is 9.47 Å². The zero-order valence-electron chi connectivity index (χ0n) is 11.1. The molecule has 3 nitrogen and oxygen atoms in total. The molecular weight excluding hydrogens is 214 g/mol. The molecule has 0 heterocycles. The van der Waals surface area contributed by atoms with E-state index in [0.717, 1.165) is 25.7 Å². The Kier molecular flexibility index (Phi) is 5.75. The van der Waals surface area contributed by atoms with Crippen LogP contribution < -0.4 is 5.32 Å². The summed E-state index contributed by atoms with van der Waals surface area (Å²) in [6.07, 6.45) is 9.91. The van der Waals surface area contributed by atoms with Crippen molar-refractivity contribution in [3.05, 3.63) is 0 Å². The predicted octanol–water partition coefficient (Wildman–Crippen LogP) is 2.35. The van der Waals surface area contributed by atoms with Crippen LogP contribution in [0.5, 0.6) is 0 Å². The summed E-state index contributed by atoms with van der Waals surface area (Å²) in [6, 6.07) is 0.551. The third-order valence-electron chi connectivity index (χ3n) is 3.95. The Bertz CT molecular complexity index is 200. The molecular formula is C14H27NO2. The average molecular weight is 241 g/mol. The molecule has 0 aromatic heterocycles. The van der Waals surface area contributed by atoms with Crippen LogP contribution >= 0.6 is 0 Å². The Hall–Kier alpha value is -0.120. The highest BCUT2D eigenvalue weighted by molar-refractivity contribution is 4.86. The lowest BCUT2D eigenvalue weighted by Gasteiger charge is -2.23. The first-order chi connectivity index (χ1) is 8.40. The highest BCUT2D eigenvalue weighted by Crippen LogP contribution is 2.32. The van der Waals surface area contributed by atoms with E-state index in [-0.39, 0.29) is 0 Å². The predicted molar refractivity (Wildman–Crippen MR) is 69.2 cm³/mol. The van der Waals surface area contributed by atoms with Gasteiger partial charge in [-0.15, -0.1) is 0 Å². The largest absolute Gasteiger partial charge is 0.383 e. The van der Waals surface area contributed by atoms with Crippen LogP contribution in [0.2, 0.25) is 0 Å². The number of methoxy groups -OCH3 is 1. The topological polar surface area (TPSA) is 30.5 Å². The van der Waals surface area contributed by atoms with Crippen LogP contribution in [0.15, 0.2) is 0 Å². The van der Waals surface area contributed by atoms with E-state index in [1.165, 1.54) is 44.9 Å². The molecule has 2 saturated carbocycles. The highest BCUT2D eigenvalue weighted by Gasteiger charge is 2.30. The van der Waals surface area contributed by atoms with Crippen molar-refractivity contribution in [1.29, 1.82) is 0 Å².